The van der Waals surface area contributed by atoms with Crippen molar-refractivity contribution in [2.45, 2.75) is 27.7 Å². The van der Waals surface area contributed by atoms with E-state index in [0.717, 1.165) is 11.4 Å². The lowest BCUT2D eigenvalue weighted by Crippen LogP contribution is -2.22. The maximum atomic E-state index is 5.17. The molecule has 1 heterocycles. The maximum Gasteiger partial charge on any atom is 0.253 e. The Balaban J connectivity index is 0.000000791. The molecule has 0 atom stereocenters. The summed E-state index contributed by atoms with van der Waals surface area (Å²) < 4.78 is 0. The second kappa shape index (κ2) is 5.90. The third-order valence-electron chi connectivity index (χ3n) is 1.20. The number of nitrogens with two attached hydrogens (primary N) is 2. The molecule has 0 saturated heterocycles. The van der Waals surface area contributed by atoms with Gasteiger partial charge in [-0.25, -0.2) is 9.97 Å². The van der Waals surface area contributed by atoms with Crippen molar-refractivity contribution < 1.29 is 0 Å². The highest BCUT2D eigenvalue weighted by Crippen LogP contribution is 2.05. The third kappa shape index (κ3) is 4.39. The van der Waals surface area contributed by atoms with E-state index in [9.17, 15) is 0 Å². The first kappa shape index (κ1) is 12.3. The Morgan fingerprint density at radius 2 is 1.57 bits per heavy atom. The fourth-order valence-corrected chi connectivity index (χ4v) is 0.873. The van der Waals surface area contributed by atoms with Gasteiger partial charge in [0.2, 0.25) is 0 Å². The first-order valence-corrected chi connectivity index (χ1v) is 4.50. The van der Waals surface area contributed by atoms with E-state index in [1.165, 1.54) is 0 Å². The van der Waals surface area contributed by atoms with Crippen LogP contribution >= 0.6 is 0 Å². The number of rotatable bonds is 1. The van der Waals surface area contributed by atoms with Gasteiger partial charge >= 0.3 is 0 Å². The first-order chi connectivity index (χ1) is 6.58. The van der Waals surface area contributed by atoms with Crippen LogP contribution in [0, 0.1) is 13.8 Å². The van der Waals surface area contributed by atoms with Crippen molar-refractivity contribution >= 4 is 11.9 Å². The minimum absolute atomic E-state index is 0.0278. The fourth-order valence-electron chi connectivity index (χ4n) is 0.873. The van der Waals surface area contributed by atoms with E-state index < -0.39 is 0 Å². The lowest BCUT2D eigenvalue weighted by molar-refractivity contribution is 1.04. The Bertz CT molecular complexity index is 295. The monoisotopic (exact) mass is 195 g/mol. The van der Waals surface area contributed by atoms with Crippen LogP contribution in [0.1, 0.15) is 25.2 Å². The largest absolute Gasteiger partial charge is 0.370 e. The molecule has 0 amide bonds. The van der Waals surface area contributed by atoms with E-state index >= 15 is 0 Å². The summed E-state index contributed by atoms with van der Waals surface area (Å²) in [5.74, 6) is 0.285. The second-order valence-electron chi connectivity index (χ2n) is 2.49. The summed E-state index contributed by atoms with van der Waals surface area (Å²) in [5.41, 5.74) is 12.0. The molecule has 1 rings (SSSR count). The Kier molecular flexibility index (Phi) is 5.21. The van der Waals surface area contributed by atoms with Gasteiger partial charge in [-0.1, -0.05) is 13.8 Å². The molecule has 0 spiro atoms. The van der Waals surface area contributed by atoms with Gasteiger partial charge in [0.05, 0.1) is 0 Å². The molecule has 0 unspecified atom stereocenters. The maximum absolute atomic E-state index is 5.17. The standard InChI is InChI=1S/C7H11N5.C2H6/c1-4-3-5(2)11-7(10-4)12-6(8)9;1-2/h3H,1-2H3,(H4,8,9,10,11,12);1-2H3. The number of nitrogens with zero attached hydrogens (tertiary/aromatic N) is 3. The van der Waals surface area contributed by atoms with Crippen molar-refractivity contribution in [3.05, 3.63) is 17.5 Å². The highest BCUT2D eigenvalue weighted by molar-refractivity contribution is 5.77. The molecule has 5 heteroatoms. The van der Waals surface area contributed by atoms with Crippen molar-refractivity contribution in [3.63, 3.8) is 0 Å². The summed E-state index contributed by atoms with van der Waals surface area (Å²) in [6.07, 6.45) is 0. The summed E-state index contributed by atoms with van der Waals surface area (Å²) in [4.78, 5) is 11.8. The molecule has 0 aliphatic rings. The van der Waals surface area contributed by atoms with Crippen LogP contribution in [0.2, 0.25) is 0 Å². The number of guanidine groups is 1. The molecule has 0 bridgehead atoms. The predicted octanol–water partition coefficient (Wildman–Crippen LogP) is 1.02. The highest BCUT2D eigenvalue weighted by atomic mass is 15.1. The van der Waals surface area contributed by atoms with Crippen molar-refractivity contribution in [1.82, 2.24) is 9.97 Å². The zero-order valence-electron chi connectivity index (χ0n) is 9.07. The third-order valence-corrected chi connectivity index (χ3v) is 1.20. The predicted molar refractivity (Wildman–Crippen MR) is 58.3 cm³/mol. The summed E-state index contributed by atoms with van der Waals surface area (Å²) in [5, 5.41) is 0. The zero-order chi connectivity index (χ0) is 11.1. The molecule has 0 aliphatic heterocycles. The highest BCUT2D eigenvalue weighted by Gasteiger charge is 1.96. The molecule has 0 aliphatic carbocycles. The summed E-state index contributed by atoms with van der Waals surface area (Å²) in [6.45, 7) is 7.72. The van der Waals surface area contributed by atoms with E-state index in [1.54, 1.807) is 0 Å². The van der Waals surface area contributed by atoms with Crippen LogP contribution in [-0.4, -0.2) is 15.9 Å². The van der Waals surface area contributed by atoms with Gasteiger partial charge in [0, 0.05) is 11.4 Å². The molecular weight excluding hydrogens is 178 g/mol. The molecule has 0 aromatic carbocycles. The minimum atomic E-state index is -0.0278. The topological polar surface area (TPSA) is 90.2 Å². The van der Waals surface area contributed by atoms with Gasteiger partial charge in [-0.3, -0.25) is 0 Å². The Hall–Kier alpha value is -1.65. The van der Waals surface area contributed by atoms with Crippen LogP contribution < -0.4 is 11.5 Å². The van der Waals surface area contributed by atoms with Gasteiger partial charge in [0.1, 0.15) is 0 Å². The van der Waals surface area contributed by atoms with Crippen LogP contribution in [0.15, 0.2) is 11.1 Å². The van der Waals surface area contributed by atoms with Gasteiger partial charge in [0.25, 0.3) is 5.95 Å². The fraction of sp³-hybridized carbons (Fsp3) is 0.444. The van der Waals surface area contributed by atoms with Crippen molar-refractivity contribution in [1.29, 1.82) is 0 Å². The average Bonchev–Trinajstić information content (AvgIpc) is 2.04. The lowest BCUT2D eigenvalue weighted by Gasteiger charge is -1.97. The van der Waals surface area contributed by atoms with E-state index in [0.29, 0.717) is 5.95 Å². The smallest absolute Gasteiger partial charge is 0.253 e. The number of aryl methyl sites for hydroxylation is 2. The normalized spacial score (nSPS) is 8.57. The van der Waals surface area contributed by atoms with E-state index in [1.807, 2.05) is 33.8 Å². The van der Waals surface area contributed by atoms with Crippen molar-refractivity contribution in [3.8, 4) is 0 Å². The Morgan fingerprint density at radius 1 is 1.14 bits per heavy atom. The van der Waals surface area contributed by atoms with E-state index in [2.05, 4.69) is 15.0 Å². The quantitative estimate of drug-likeness (QED) is 0.517. The van der Waals surface area contributed by atoms with Crippen LogP contribution in [0.5, 0.6) is 0 Å². The molecule has 0 saturated carbocycles. The van der Waals surface area contributed by atoms with Crippen LogP contribution in [0.4, 0.5) is 5.95 Å². The number of hydrogen-bond donors (Lipinski definition) is 2. The molecule has 1 aromatic rings. The molecule has 78 valence electrons. The van der Waals surface area contributed by atoms with Crippen LogP contribution in [-0.2, 0) is 0 Å². The molecule has 0 radical (unpaired) electrons. The second-order valence-corrected chi connectivity index (χ2v) is 2.49. The van der Waals surface area contributed by atoms with Gasteiger partial charge in [-0.05, 0) is 19.9 Å². The van der Waals surface area contributed by atoms with Gasteiger partial charge in [-0.15, -0.1) is 0 Å². The van der Waals surface area contributed by atoms with Crippen LogP contribution in [0.3, 0.4) is 0 Å². The van der Waals surface area contributed by atoms with Crippen LogP contribution in [0.25, 0.3) is 0 Å². The Morgan fingerprint density at radius 3 is 1.93 bits per heavy atom. The van der Waals surface area contributed by atoms with E-state index in [-0.39, 0.29) is 5.96 Å². The number of aromatic nitrogens is 2. The number of hydrogen-bond acceptors (Lipinski definition) is 3. The van der Waals surface area contributed by atoms with Crippen molar-refractivity contribution in [2.75, 3.05) is 0 Å². The lowest BCUT2D eigenvalue weighted by atomic mass is 10.4. The van der Waals surface area contributed by atoms with Gasteiger partial charge in [0.15, 0.2) is 5.96 Å². The molecular formula is C9H17N5. The summed E-state index contributed by atoms with van der Waals surface area (Å²) >= 11 is 0. The molecule has 1 aromatic heterocycles. The van der Waals surface area contributed by atoms with Gasteiger partial charge in [-0.2, -0.15) is 4.99 Å². The molecule has 4 N–H and O–H groups in total. The summed E-state index contributed by atoms with van der Waals surface area (Å²) in [7, 11) is 0. The van der Waals surface area contributed by atoms with Gasteiger partial charge < -0.3 is 11.5 Å². The zero-order valence-corrected chi connectivity index (χ0v) is 9.07. The minimum Gasteiger partial charge on any atom is -0.370 e. The average molecular weight is 195 g/mol. The molecule has 5 nitrogen and oxygen atoms in total. The van der Waals surface area contributed by atoms with E-state index in [4.69, 9.17) is 11.5 Å². The Labute approximate surface area is 84.3 Å². The van der Waals surface area contributed by atoms with Crippen molar-refractivity contribution in [2.24, 2.45) is 16.5 Å². The summed E-state index contributed by atoms with van der Waals surface area (Å²) in [6, 6.07) is 1.85. The SMILES string of the molecule is CC.Cc1cc(C)nc(N=C(N)N)n1. The molecule has 14 heavy (non-hydrogen) atoms. The number of aliphatic imine (C=N–C) groups is 1. The first-order valence-electron chi connectivity index (χ1n) is 4.50. The molecule has 0 fully saturated rings.